The number of aromatic nitrogens is 1. The molecule has 1 aromatic heterocycles. The summed E-state index contributed by atoms with van der Waals surface area (Å²) >= 11 is 0. The van der Waals surface area contributed by atoms with Gasteiger partial charge in [0, 0.05) is 19.8 Å². The van der Waals surface area contributed by atoms with Crippen LogP contribution in [-0.2, 0) is 21.5 Å². The summed E-state index contributed by atoms with van der Waals surface area (Å²) in [5, 5.41) is 0. The number of nitrogens with two attached hydrogens (primary N) is 1. The maximum absolute atomic E-state index is 11.8. The van der Waals surface area contributed by atoms with Crippen LogP contribution >= 0.6 is 0 Å². The lowest BCUT2D eigenvalue weighted by atomic mass is 9.81. The third-order valence-corrected chi connectivity index (χ3v) is 5.65. The second kappa shape index (κ2) is 6.81. The predicted molar refractivity (Wildman–Crippen MR) is 93.7 cm³/mol. The Balaban J connectivity index is 1.91. The first-order valence-electron chi connectivity index (χ1n) is 8.97. The minimum atomic E-state index is -0.512. The average molecular weight is 331 g/mol. The quantitative estimate of drug-likeness (QED) is 0.867. The molecule has 132 valence electrons. The van der Waals surface area contributed by atoms with Crippen LogP contribution in [0.25, 0.3) is 0 Å². The largest absolute Gasteiger partial charge is 0.381 e. The van der Waals surface area contributed by atoms with Gasteiger partial charge in [-0.1, -0.05) is 13.0 Å². The molecule has 1 atom stereocenters. The molecule has 1 aliphatic carbocycles. The summed E-state index contributed by atoms with van der Waals surface area (Å²) in [6.45, 7) is 4.79. The van der Waals surface area contributed by atoms with Crippen LogP contribution in [0.1, 0.15) is 55.5 Å². The number of hydrogen-bond acceptors (Lipinski definition) is 4. The lowest BCUT2D eigenvalue weighted by Crippen LogP contribution is -2.30. The van der Waals surface area contributed by atoms with E-state index >= 15 is 0 Å². The van der Waals surface area contributed by atoms with Crippen LogP contribution < -0.4 is 5.73 Å². The molecule has 0 bridgehead atoms. The van der Waals surface area contributed by atoms with Crippen molar-refractivity contribution in [1.82, 2.24) is 9.88 Å². The smallest absolute Gasteiger partial charge is 0.229 e. The maximum Gasteiger partial charge on any atom is 0.229 e. The van der Waals surface area contributed by atoms with Crippen LogP contribution in [0.4, 0.5) is 0 Å². The highest BCUT2D eigenvalue weighted by atomic mass is 16.5. The minimum Gasteiger partial charge on any atom is -0.381 e. The molecule has 5 heteroatoms. The molecule has 3 rings (SSSR count). The topological polar surface area (TPSA) is 68.5 Å². The van der Waals surface area contributed by atoms with Crippen molar-refractivity contribution in [3.63, 3.8) is 0 Å². The molecular formula is C19H29N3O2. The second-order valence-electron chi connectivity index (χ2n) is 7.66. The standard InChI is InChI=1S/C19H29N3O2/c1-13(14-6-10-24-11-7-14)15-4-5-17(19(8-9-19)18(20)23)21-16(15)12-22(2)3/h4-5,13-14H,6-12H2,1-3H3,(H2,20,23). The van der Waals surface area contributed by atoms with Crippen molar-refractivity contribution in [3.8, 4) is 0 Å². The highest BCUT2D eigenvalue weighted by Crippen LogP contribution is 2.47. The lowest BCUT2D eigenvalue weighted by molar-refractivity contribution is -0.120. The summed E-state index contributed by atoms with van der Waals surface area (Å²) < 4.78 is 5.50. The van der Waals surface area contributed by atoms with E-state index in [-0.39, 0.29) is 5.91 Å². The highest BCUT2D eigenvalue weighted by Gasteiger charge is 2.51. The van der Waals surface area contributed by atoms with Crippen molar-refractivity contribution in [1.29, 1.82) is 0 Å². The molecule has 24 heavy (non-hydrogen) atoms. The van der Waals surface area contributed by atoms with E-state index in [1.807, 2.05) is 6.07 Å². The molecule has 1 saturated carbocycles. The molecule has 1 aliphatic heterocycles. The molecule has 2 heterocycles. The minimum absolute atomic E-state index is 0.240. The van der Waals surface area contributed by atoms with Gasteiger partial charge in [0.1, 0.15) is 0 Å². The van der Waals surface area contributed by atoms with Crippen molar-refractivity contribution in [2.45, 2.75) is 50.5 Å². The van der Waals surface area contributed by atoms with Crippen molar-refractivity contribution in [2.75, 3.05) is 27.3 Å². The predicted octanol–water partition coefficient (Wildman–Crippen LogP) is 2.19. The summed E-state index contributed by atoms with van der Waals surface area (Å²) in [6.07, 6.45) is 3.86. The van der Waals surface area contributed by atoms with Gasteiger partial charge in [0.05, 0.1) is 16.8 Å². The molecule has 2 fully saturated rings. The van der Waals surface area contributed by atoms with Gasteiger partial charge in [-0.25, -0.2) is 0 Å². The number of nitrogens with zero attached hydrogens (tertiary/aromatic N) is 2. The SMILES string of the molecule is CC(c1ccc(C2(C(N)=O)CC2)nc1CN(C)C)C1CCOCC1. The van der Waals surface area contributed by atoms with Gasteiger partial charge in [-0.05, 0) is 63.2 Å². The van der Waals surface area contributed by atoms with E-state index in [0.717, 1.165) is 56.8 Å². The summed E-state index contributed by atoms with van der Waals surface area (Å²) in [5.74, 6) is 0.850. The lowest BCUT2D eigenvalue weighted by Gasteiger charge is -2.30. The number of primary amides is 1. The van der Waals surface area contributed by atoms with Crippen molar-refractivity contribution in [2.24, 2.45) is 11.7 Å². The van der Waals surface area contributed by atoms with Gasteiger partial charge in [-0.2, -0.15) is 0 Å². The normalized spacial score (nSPS) is 21.7. The zero-order valence-electron chi connectivity index (χ0n) is 15.0. The number of amides is 1. The molecule has 1 unspecified atom stereocenters. The highest BCUT2D eigenvalue weighted by molar-refractivity contribution is 5.89. The van der Waals surface area contributed by atoms with Gasteiger partial charge in [-0.3, -0.25) is 9.78 Å². The molecule has 5 nitrogen and oxygen atoms in total. The van der Waals surface area contributed by atoms with Gasteiger partial charge in [-0.15, -0.1) is 0 Å². The monoisotopic (exact) mass is 331 g/mol. The van der Waals surface area contributed by atoms with Crippen molar-refractivity contribution in [3.05, 3.63) is 29.1 Å². The van der Waals surface area contributed by atoms with Gasteiger partial charge in [0.15, 0.2) is 0 Å². The Morgan fingerprint density at radius 3 is 2.58 bits per heavy atom. The molecule has 0 spiro atoms. The fraction of sp³-hybridized carbons (Fsp3) is 0.684. The van der Waals surface area contributed by atoms with Crippen LogP contribution in [0.2, 0.25) is 0 Å². The first kappa shape index (κ1) is 17.4. The van der Waals surface area contributed by atoms with E-state index in [4.69, 9.17) is 15.5 Å². The van der Waals surface area contributed by atoms with Crippen LogP contribution in [0.3, 0.4) is 0 Å². The van der Waals surface area contributed by atoms with Crippen molar-refractivity contribution < 1.29 is 9.53 Å². The summed E-state index contributed by atoms with van der Waals surface area (Å²) in [6, 6.07) is 4.21. The van der Waals surface area contributed by atoms with E-state index in [1.54, 1.807) is 0 Å². The van der Waals surface area contributed by atoms with Crippen LogP contribution in [0.5, 0.6) is 0 Å². The summed E-state index contributed by atoms with van der Waals surface area (Å²) in [4.78, 5) is 18.9. The van der Waals surface area contributed by atoms with E-state index in [1.165, 1.54) is 5.56 Å². The van der Waals surface area contributed by atoms with Crippen LogP contribution in [0, 0.1) is 5.92 Å². The molecule has 1 aromatic rings. The molecule has 2 aliphatic rings. The van der Waals surface area contributed by atoms with Gasteiger partial charge < -0.3 is 15.4 Å². The van der Waals surface area contributed by atoms with E-state index in [9.17, 15) is 4.79 Å². The molecular weight excluding hydrogens is 302 g/mol. The Hall–Kier alpha value is -1.46. The number of pyridine rings is 1. The van der Waals surface area contributed by atoms with E-state index in [0.29, 0.717) is 11.8 Å². The molecule has 0 aromatic carbocycles. The summed E-state index contributed by atoms with van der Waals surface area (Å²) in [5.41, 5.74) is 8.36. The van der Waals surface area contributed by atoms with Gasteiger partial charge >= 0.3 is 0 Å². The maximum atomic E-state index is 11.8. The Bertz CT molecular complexity index is 605. The van der Waals surface area contributed by atoms with Crippen LogP contribution in [-0.4, -0.2) is 43.1 Å². The third kappa shape index (κ3) is 3.33. The van der Waals surface area contributed by atoms with Crippen LogP contribution in [0.15, 0.2) is 12.1 Å². The second-order valence-corrected chi connectivity index (χ2v) is 7.66. The number of hydrogen-bond donors (Lipinski definition) is 1. The Labute approximate surface area is 144 Å². The number of carbonyl (C=O) groups is 1. The first-order valence-corrected chi connectivity index (χ1v) is 8.97. The average Bonchev–Trinajstić information content (AvgIpc) is 3.36. The Kier molecular flexibility index (Phi) is 4.92. The third-order valence-electron chi connectivity index (χ3n) is 5.65. The molecule has 0 radical (unpaired) electrons. The van der Waals surface area contributed by atoms with Crippen molar-refractivity contribution >= 4 is 5.91 Å². The Morgan fingerprint density at radius 2 is 2.04 bits per heavy atom. The van der Waals surface area contributed by atoms with Gasteiger partial charge in [0.25, 0.3) is 0 Å². The zero-order valence-corrected chi connectivity index (χ0v) is 15.0. The molecule has 1 saturated heterocycles. The number of carbonyl (C=O) groups excluding carboxylic acids is 1. The van der Waals surface area contributed by atoms with E-state index < -0.39 is 5.41 Å². The molecule has 2 N–H and O–H groups in total. The fourth-order valence-electron chi connectivity index (χ4n) is 3.84. The Morgan fingerprint density at radius 1 is 1.38 bits per heavy atom. The van der Waals surface area contributed by atoms with Gasteiger partial charge in [0.2, 0.25) is 5.91 Å². The van der Waals surface area contributed by atoms with E-state index in [2.05, 4.69) is 32.0 Å². The molecule has 1 amide bonds. The number of rotatable bonds is 6. The zero-order chi connectivity index (χ0) is 17.3. The fourth-order valence-corrected chi connectivity index (χ4v) is 3.84. The number of ether oxygens (including phenoxy) is 1. The first-order chi connectivity index (χ1) is 11.4. The summed E-state index contributed by atoms with van der Waals surface area (Å²) in [7, 11) is 4.11.